The number of halogens is 1. The summed E-state index contributed by atoms with van der Waals surface area (Å²) in [6.45, 7) is 2.77. The van der Waals surface area contributed by atoms with E-state index in [0.29, 0.717) is 23.8 Å². The fourth-order valence-electron chi connectivity index (χ4n) is 1.29. The molecule has 4 nitrogen and oxygen atoms in total. The van der Waals surface area contributed by atoms with Crippen LogP contribution < -0.4 is 5.32 Å². The Kier molecular flexibility index (Phi) is 4.96. The van der Waals surface area contributed by atoms with Crippen molar-refractivity contribution in [3.05, 3.63) is 28.2 Å². The van der Waals surface area contributed by atoms with E-state index < -0.39 is 5.97 Å². The van der Waals surface area contributed by atoms with Crippen molar-refractivity contribution in [2.75, 3.05) is 26.0 Å². The third-order valence-electron chi connectivity index (χ3n) is 2.68. The van der Waals surface area contributed by atoms with E-state index in [9.17, 15) is 4.79 Å². The number of carboxylic acids is 1. The van der Waals surface area contributed by atoms with Crippen LogP contribution in [0.15, 0.2) is 22.7 Å². The van der Waals surface area contributed by atoms with Crippen LogP contribution in [0.3, 0.4) is 0 Å². The molecule has 0 radical (unpaired) electrons. The minimum atomic E-state index is -0.919. The van der Waals surface area contributed by atoms with E-state index in [4.69, 9.17) is 5.11 Å². The van der Waals surface area contributed by atoms with Crippen LogP contribution in [0, 0.1) is 0 Å². The van der Waals surface area contributed by atoms with Crippen LogP contribution in [0.5, 0.6) is 0 Å². The highest BCUT2D eigenvalue weighted by molar-refractivity contribution is 9.10. The number of nitrogens with one attached hydrogen (secondary N) is 1. The van der Waals surface area contributed by atoms with Gasteiger partial charge in [-0.3, -0.25) is 0 Å². The number of aromatic carboxylic acids is 1. The summed E-state index contributed by atoms with van der Waals surface area (Å²) >= 11 is 3.34. The van der Waals surface area contributed by atoms with E-state index in [1.807, 2.05) is 14.1 Å². The molecule has 0 heterocycles. The first-order valence-corrected chi connectivity index (χ1v) is 6.14. The van der Waals surface area contributed by atoms with Crippen LogP contribution in [-0.2, 0) is 0 Å². The van der Waals surface area contributed by atoms with E-state index >= 15 is 0 Å². The number of anilines is 1. The molecule has 1 rings (SSSR count). The highest BCUT2D eigenvalue weighted by Gasteiger charge is 2.11. The quantitative estimate of drug-likeness (QED) is 0.877. The standard InChI is InChI=1S/C12H17BrN2O2/c1-8(15(2)3)7-14-11-6-9(13)4-5-10(11)12(16)17/h4-6,8,14H,7H2,1-3H3,(H,16,17). The summed E-state index contributed by atoms with van der Waals surface area (Å²) < 4.78 is 0.863. The van der Waals surface area contributed by atoms with Gasteiger partial charge in [0.05, 0.1) is 5.56 Å². The highest BCUT2D eigenvalue weighted by Crippen LogP contribution is 2.21. The van der Waals surface area contributed by atoms with Gasteiger partial charge >= 0.3 is 5.97 Å². The molecule has 1 atom stereocenters. The number of hydrogen-bond donors (Lipinski definition) is 2. The topological polar surface area (TPSA) is 52.6 Å². The van der Waals surface area contributed by atoms with Gasteiger partial charge in [0.2, 0.25) is 0 Å². The maximum Gasteiger partial charge on any atom is 0.337 e. The molecule has 1 aromatic rings. The molecule has 1 aromatic carbocycles. The van der Waals surface area contributed by atoms with Crippen LogP contribution in [0.1, 0.15) is 17.3 Å². The van der Waals surface area contributed by atoms with Crippen LogP contribution in [-0.4, -0.2) is 42.7 Å². The van der Waals surface area contributed by atoms with Crippen molar-refractivity contribution in [3.63, 3.8) is 0 Å². The Morgan fingerprint density at radius 2 is 2.18 bits per heavy atom. The lowest BCUT2D eigenvalue weighted by Gasteiger charge is -2.21. The first kappa shape index (κ1) is 14.0. The number of benzene rings is 1. The molecule has 0 spiro atoms. The van der Waals surface area contributed by atoms with Gasteiger partial charge in [-0.05, 0) is 39.2 Å². The normalized spacial score (nSPS) is 12.5. The van der Waals surface area contributed by atoms with Gasteiger partial charge in [-0.2, -0.15) is 0 Å². The molecular weight excluding hydrogens is 284 g/mol. The highest BCUT2D eigenvalue weighted by atomic mass is 79.9. The molecule has 0 aliphatic heterocycles. The van der Waals surface area contributed by atoms with Gasteiger partial charge in [0, 0.05) is 22.7 Å². The Labute approximate surface area is 110 Å². The second-order valence-corrected chi connectivity index (χ2v) is 5.10. The molecule has 0 amide bonds. The van der Waals surface area contributed by atoms with Crippen molar-refractivity contribution in [2.45, 2.75) is 13.0 Å². The number of rotatable bonds is 5. The van der Waals surface area contributed by atoms with Crippen LogP contribution in [0.2, 0.25) is 0 Å². The lowest BCUT2D eigenvalue weighted by molar-refractivity contribution is 0.0698. The number of likely N-dealkylation sites (N-methyl/N-ethyl adjacent to an activating group) is 1. The van der Waals surface area contributed by atoms with Crippen molar-refractivity contribution >= 4 is 27.6 Å². The second-order valence-electron chi connectivity index (χ2n) is 4.19. The van der Waals surface area contributed by atoms with Gasteiger partial charge in [-0.25, -0.2) is 4.79 Å². The number of hydrogen-bond acceptors (Lipinski definition) is 3. The van der Waals surface area contributed by atoms with Gasteiger partial charge in [-0.1, -0.05) is 15.9 Å². The number of nitrogens with zero attached hydrogens (tertiary/aromatic N) is 1. The molecule has 2 N–H and O–H groups in total. The summed E-state index contributed by atoms with van der Waals surface area (Å²) in [7, 11) is 3.98. The minimum absolute atomic E-state index is 0.291. The summed E-state index contributed by atoms with van der Waals surface area (Å²) in [6.07, 6.45) is 0. The summed E-state index contributed by atoms with van der Waals surface area (Å²) in [5.41, 5.74) is 0.930. The van der Waals surface area contributed by atoms with E-state index in [0.717, 1.165) is 4.47 Å². The molecule has 0 aliphatic rings. The zero-order chi connectivity index (χ0) is 13.0. The molecule has 0 bridgehead atoms. The Morgan fingerprint density at radius 3 is 2.71 bits per heavy atom. The zero-order valence-electron chi connectivity index (χ0n) is 10.2. The Balaban J connectivity index is 2.82. The molecule has 5 heteroatoms. The summed E-state index contributed by atoms with van der Waals surface area (Å²) in [5.74, 6) is -0.919. The fraction of sp³-hybridized carbons (Fsp3) is 0.417. The predicted octanol–water partition coefficient (Wildman–Crippen LogP) is 2.51. The SMILES string of the molecule is CC(CNc1cc(Br)ccc1C(=O)O)N(C)C. The van der Waals surface area contributed by atoms with Gasteiger partial charge < -0.3 is 15.3 Å². The van der Waals surface area contributed by atoms with Gasteiger partial charge in [0.1, 0.15) is 0 Å². The molecule has 0 saturated heterocycles. The van der Waals surface area contributed by atoms with Crippen LogP contribution >= 0.6 is 15.9 Å². The first-order valence-electron chi connectivity index (χ1n) is 5.35. The van der Waals surface area contributed by atoms with Gasteiger partial charge in [-0.15, -0.1) is 0 Å². The summed E-state index contributed by atoms with van der Waals surface area (Å²) in [4.78, 5) is 13.1. The van der Waals surface area contributed by atoms with Crippen molar-refractivity contribution in [3.8, 4) is 0 Å². The summed E-state index contributed by atoms with van der Waals surface area (Å²) in [6, 6.07) is 5.43. The Morgan fingerprint density at radius 1 is 1.53 bits per heavy atom. The number of carboxylic acid groups (broad SMARTS) is 1. The summed E-state index contributed by atoms with van der Waals surface area (Å²) in [5, 5.41) is 12.2. The maximum atomic E-state index is 11.0. The van der Waals surface area contributed by atoms with Crippen molar-refractivity contribution in [2.24, 2.45) is 0 Å². The largest absolute Gasteiger partial charge is 0.478 e. The lowest BCUT2D eigenvalue weighted by Crippen LogP contribution is -2.31. The van der Waals surface area contributed by atoms with E-state index in [1.54, 1.807) is 18.2 Å². The lowest BCUT2D eigenvalue weighted by atomic mass is 10.1. The molecule has 0 aliphatic carbocycles. The molecule has 1 unspecified atom stereocenters. The monoisotopic (exact) mass is 300 g/mol. The second kappa shape index (κ2) is 6.02. The Bertz CT molecular complexity index is 407. The molecular formula is C12H17BrN2O2. The van der Waals surface area contributed by atoms with Crippen LogP contribution in [0.4, 0.5) is 5.69 Å². The Hall–Kier alpha value is -1.07. The van der Waals surface area contributed by atoms with E-state index in [-0.39, 0.29) is 0 Å². The molecule has 0 fully saturated rings. The van der Waals surface area contributed by atoms with Crippen LogP contribution in [0.25, 0.3) is 0 Å². The third kappa shape index (κ3) is 4.02. The fourth-order valence-corrected chi connectivity index (χ4v) is 1.65. The average Bonchev–Trinajstić information content (AvgIpc) is 2.25. The van der Waals surface area contributed by atoms with E-state index in [2.05, 4.69) is 33.1 Å². The van der Waals surface area contributed by atoms with Gasteiger partial charge in [0.15, 0.2) is 0 Å². The molecule has 94 valence electrons. The average molecular weight is 301 g/mol. The minimum Gasteiger partial charge on any atom is -0.478 e. The third-order valence-corrected chi connectivity index (χ3v) is 3.17. The van der Waals surface area contributed by atoms with E-state index in [1.165, 1.54) is 0 Å². The molecule has 0 saturated carbocycles. The van der Waals surface area contributed by atoms with Gasteiger partial charge in [0.25, 0.3) is 0 Å². The number of carbonyl (C=O) groups is 1. The van der Waals surface area contributed by atoms with Crippen molar-refractivity contribution < 1.29 is 9.90 Å². The smallest absolute Gasteiger partial charge is 0.337 e. The zero-order valence-corrected chi connectivity index (χ0v) is 11.8. The van der Waals surface area contributed by atoms with Crippen molar-refractivity contribution in [1.29, 1.82) is 0 Å². The van der Waals surface area contributed by atoms with Crippen molar-refractivity contribution in [1.82, 2.24) is 4.90 Å². The first-order chi connectivity index (χ1) is 7.91. The predicted molar refractivity (Wildman–Crippen MR) is 72.7 cm³/mol. The molecule has 17 heavy (non-hydrogen) atoms. The maximum absolute atomic E-state index is 11.0. The molecule has 0 aromatic heterocycles.